The highest BCUT2D eigenvalue weighted by molar-refractivity contribution is 7.18. The van der Waals surface area contributed by atoms with E-state index in [4.69, 9.17) is 4.74 Å². The first-order valence-electron chi connectivity index (χ1n) is 9.07. The number of thiophene rings is 1. The summed E-state index contributed by atoms with van der Waals surface area (Å²) >= 11 is 3.08. The minimum Gasteiger partial charge on any atom is -0.375 e. The molecular weight excluding hydrogens is 384 g/mol. The zero-order valence-electron chi connectivity index (χ0n) is 14.6. The second kappa shape index (κ2) is 6.81. The SMILES string of the molecule is O=C(CCc1nc2sc3c(c2c(=O)[nH]1)CCC3)Nc1nc2c(s1)COCC2. The Morgan fingerprint density at radius 1 is 1.19 bits per heavy atom. The number of H-pyrrole nitrogens is 1. The molecule has 3 aromatic heterocycles. The van der Waals surface area contributed by atoms with Crippen molar-refractivity contribution in [3.8, 4) is 0 Å². The number of aryl methyl sites for hydroxylation is 3. The van der Waals surface area contributed by atoms with Crippen LogP contribution in [0.25, 0.3) is 10.2 Å². The molecule has 7 nitrogen and oxygen atoms in total. The van der Waals surface area contributed by atoms with Crippen LogP contribution < -0.4 is 10.9 Å². The number of aromatic amines is 1. The van der Waals surface area contributed by atoms with Crippen molar-refractivity contribution >= 4 is 43.9 Å². The molecule has 2 aliphatic rings. The van der Waals surface area contributed by atoms with Crippen molar-refractivity contribution in [3.05, 3.63) is 37.2 Å². The fraction of sp³-hybridized carbons (Fsp3) is 0.444. The third-order valence-corrected chi connectivity index (χ3v) is 7.13. The summed E-state index contributed by atoms with van der Waals surface area (Å²) in [5.41, 5.74) is 2.11. The van der Waals surface area contributed by atoms with Crippen LogP contribution in [0.5, 0.6) is 0 Å². The molecule has 0 fully saturated rings. The Hall–Kier alpha value is -2.10. The van der Waals surface area contributed by atoms with Gasteiger partial charge in [-0.05, 0) is 24.8 Å². The van der Waals surface area contributed by atoms with E-state index in [2.05, 4.69) is 20.3 Å². The number of carbonyl (C=O) groups is 1. The maximum absolute atomic E-state index is 12.5. The molecule has 0 radical (unpaired) electrons. The molecule has 0 unspecified atom stereocenters. The maximum Gasteiger partial charge on any atom is 0.259 e. The Morgan fingerprint density at radius 3 is 3.00 bits per heavy atom. The van der Waals surface area contributed by atoms with Crippen LogP contribution in [-0.2, 0) is 41.8 Å². The molecule has 27 heavy (non-hydrogen) atoms. The molecule has 1 aliphatic carbocycles. The molecule has 3 aromatic rings. The van der Waals surface area contributed by atoms with Gasteiger partial charge in [0.2, 0.25) is 5.91 Å². The van der Waals surface area contributed by atoms with Gasteiger partial charge in [-0.1, -0.05) is 11.3 Å². The van der Waals surface area contributed by atoms with E-state index in [1.807, 2.05) is 0 Å². The Balaban J connectivity index is 1.27. The van der Waals surface area contributed by atoms with Crippen molar-refractivity contribution < 1.29 is 9.53 Å². The molecule has 0 bridgehead atoms. The fourth-order valence-electron chi connectivity index (χ4n) is 3.66. The number of ether oxygens (including phenoxy) is 1. The van der Waals surface area contributed by atoms with E-state index < -0.39 is 0 Å². The van der Waals surface area contributed by atoms with Crippen molar-refractivity contribution in [2.75, 3.05) is 11.9 Å². The number of thiazole rings is 1. The Morgan fingerprint density at radius 2 is 2.11 bits per heavy atom. The van der Waals surface area contributed by atoms with Crippen LogP contribution in [0, 0.1) is 0 Å². The van der Waals surface area contributed by atoms with Gasteiger partial charge in [-0.25, -0.2) is 9.97 Å². The number of aromatic nitrogens is 3. The summed E-state index contributed by atoms with van der Waals surface area (Å²) in [6.45, 7) is 1.25. The number of hydrogen-bond acceptors (Lipinski definition) is 7. The lowest BCUT2D eigenvalue weighted by Crippen LogP contribution is -2.16. The zero-order chi connectivity index (χ0) is 18.4. The van der Waals surface area contributed by atoms with Gasteiger partial charge in [-0.3, -0.25) is 9.59 Å². The molecule has 1 amide bonds. The van der Waals surface area contributed by atoms with E-state index in [1.165, 1.54) is 21.8 Å². The summed E-state index contributed by atoms with van der Waals surface area (Å²) < 4.78 is 5.40. The van der Waals surface area contributed by atoms with Gasteiger partial charge in [-0.15, -0.1) is 11.3 Å². The molecule has 0 atom stereocenters. The van der Waals surface area contributed by atoms with Crippen molar-refractivity contribution in [3.63, 3.8) is 0 Å². The molecule has 0 saturated heterocycles. The number of fused-ring (bicyclic) bond motifs is 4. The monoisotopic (exact) mass is 402 g/mol. The summed E-state index contributed by atoms with van der Waals surface area (Å²) in [6, 6.07) is 0. The van der Waals surface area contributed by atoms with Gasteiger partial charge >= 0.3 is 0 Å². The molecule has 5 rings (SSSR count). The average molecular weight is 403 g/mol. The Kier molecular flexibility index (Phi) is 4.30. The van der Waals surface area contributed by atoms with Crippen molar-refractivity contribution in [1.82, 2.24) is 15.0 Å². The lowest BCUT2D eigenvalue weighted by molar-refractivity contribution is -0.116. The van der Waals surface area contributed by atoms with Gasteiger partial charge < -0.3 is 15.0 Å². The van der Waals surface area contributed by atoms with E-state index in [0.29, 0.717) is 30.6 Å². The first-order valence-corrected chi connectivity index (χ1v) is 10.7. The van der Waals surface area contributed by atoms with Crippen LogP contribution >= 0.6 is 22.7 Å². The molecule has 2 N–H and O–H groups in total. The third-order valence-electron chi connectivity index (χ3n) is 4.95. The number of nitrogens with one attached hydrogen (secondary N) is 2. The minimum absolute atomic E-state index is 0.0811. The number of carbonyl (C=O) groups excluding carboxylic acids is 1. The number of amides is 1. The highest BCUT2D eigenvalue weighted by Crippen LogP contribution is 2.34. The van der Waals surface area contributed by atoms with Crippen molar-refractivity contribution in [2.24, 2.45) is 0 Å². The van der Waals surface area contributed by atoms with Crippen LogP contribution in [0.1, 0.15) is 39.7 Å². The van der Waals surface area contributed by atoms with Crippen molar-refractivity contribution in [1.29, 1.82) is 0 Å². The number of anilines is 1. The van der Waals surface area contributed by atoms with Gasteiger partial charge in [0.1, 0.15) is 10.7 Å². The highest BCUT2D eigenvalue weighted by Gasteiger charge is 2.21. The number of rotatable bonds is 4. The quantitative estimate of drug-likeness (QED) is 0.699. The topological polar surface area (TPSA) is 97.0 Å². The first kappa shape index (κ1) is 17.0. The largest absolute Gasteiger partial charge is 0.375 e. The summed E-state index contributed by atoms with van der Waals surface area (Å²) in [5, 5.41) is 4.21. The Labute approximate surface area is 162 Å². The summed E-state index contributed by atoms with van der Waals surface area (Å²) in [6.07, 6.45) is 4.55. The molecule has 4 heterocycles. The van der Waals surface area contributed by atoms with E-state index in [-0.39, 0.29) is 17.9 Å². The summed E-state index contributed by atoms with van der Waals surface area (Å²) in [5.74, 6) is 0.438. The minimum atomic E-state index is -0.126. The van der Waals surface area contributed by atoms with Crippen LogP contribution in [-0.4, -0.2) is 27.5 Å². The standard InChI is InChI=1S/C18H18N4O3S2/c23-14(22-18-19-10-6-7-25-8-12(10)27-18)5-4-13-20-16(24)15-9-2-1-3-11(9)26-17(15)21-13/h1-8H2,(H,19,22,23)(H,20,21,24). The lowest BCUT2D eigenvalue weighted by Gasteiger charge is -2.08. The molecule has 0 aromatic carbocycles. The van der Waals surface area contributed by atoms with Gasteiger partial charge in [0.25, 0.3) is 5.56 Å². The van der Waals surface area contributed by atoms with E-state index in [9.17, 15) is 9.59 Å². The second-order valence-electron chi connectivity index (χ2n) is 6.79. The average Bonchev–Trinajstić information content (AvgIpc) is 3.32. The van der Waals surface area contributed by atoms with Crippen LogP contribution in [0.2, 0.25) is 0 Å². The van der Waals surface area contributed by atoms with Gasteiger partial charge in [0, 0.05) is 24.1 Å². The van der Waals surface area contributed by atoms with E-state index >= 15 is 0 Å². The summed E-state index contributed by atoms with van der Waals surface area (Å²) in [4.78, 5) is 39.8. The summed E-state index contributed by atoms with van der Waals surface area (Å²) in [7, 11) is 0. The van der Waals surface area contributed by atoms with Gasteiger partial charge in [0.15, 0.2) is 5.13 Å². The predicted octanol–water partition coefficient (Wildman–Crippen LogP) is 2.57. The molecule has 0 saturated carbocycles. The van der Waals surface area contributed by atoms with Crippen LogP contribution in [0.15, 0.2) is 4.79 Å². The van der Waals surface area contributed by atoms with Gasteiger partial charge in [-0.2, -0.15) is 0 Å². The highest BCUT2D eigenvalue weighted by atomic mass is 32.1. The van der Waals surface area contributed by atoms with Crippen molar-refractivity contribution in [2.45, 2.75) is 45.1 Å². The van der Waals surface area contributed by atoms with Gasteiger partial charge in [0.05, 0.1) is 29.2 Å². The maximum atomic E-state index is 12.5. The fourth-order valence-corrected chi connectivity index (χ4v) is 5.90. The number of hydrogen-bond donors (Lipinski definition) is 2. The van der Waals surface area contributed by atoms with E-state index in [0.717, 1.165) is 46.5 Å². The molecule has 140 valence electrons. The zero-order valence-corrected chi connectivity index (χ0v) is 16.2. The molecule has 9 heteroatoms. The van der Waals surface area contributed by atoms with Crippen LogP contribution in [0.4, 0.5) is 5.13 Å². The van der Waals surface area contributed by atoms with E-state index in [1.54, 1.807) is 11.3 Å². The smallest absolute Gasteiger partial charge is 0.259 e. The second-order valence-corrected chi connectivity index (χ2v) is 8.96. The molecule has 1 aliphatic heterocycles. The number of nitrogens with zero attached hydrogens (tertiary/aromatic N) is 2. The first-order chi connectivity index (χ1) is 13.2. The third kappa shape index (κ3) is 3.19. The van der Waals surface area contributed by atoms with Crippen LogP contribution in [0.3, 0.4) is 0 Å². The Bertz CT molecular complexity index is 1070. The lowest BCUT2D eigenvalue weighted by atomic mass is 10.2. The normalized spacial score (nSPS) is 15.7. The molecule has 0 spiro atoms. The molecular formula is C18H18N4O3S2. The predicted molar refractivity (Wildman–Crippen MR) is 105 cm³/mol.